The SMILES string of the molecule is Cn1ccc(-c2ccc(O)c(C(=O)O)c2)n1. The molecule has 1 aromatic heterocycles. The number of aromatic nitrogens is 2. The minimum absolute atomic E-state index is 0.122. The van der Waals surface area contributed by atoms with Gasteiger partial charge in [0.05, 0.1) is 5.69 Å². The van der Waals surface area contributed by atoms with E-state index in [0.717, 1.165) is 0 Å². The molecule has 0 radical (unpaired) electrons. The monoisotopic (exact) mass is 218 g/mol. The molecule has 0 saturated heterocycles. The van der Waals surface area contributed by atoms with E-state index in [2.05, 4.69) is 5.10 Å². The van der Waals surface area contributed by atoms with E-state index in [-0.39, 0.29) is 11.3 Å². The van der Waals surface area contributed by atoms with Crippen LogP contribution in [0.1, 0.15) is 10.4 Å². The zero-order valence-corrected chi connectivity index (χ0v) is 8.58. The number of hydrogen-bond acceptors (Lipinski definition) is 3. The minimum atomic E-state index is -1.16. The normalized spacial score (nSPS) is 10.3. The van der Waals surface area contributed by atoms with Crippen LogP contribution >= 0.6 is 0 Å². The first-order valence-corrected chi connectivity index (χ1v) is 4.64. The van der Waals surface area contributed by atoms with Gasteiger partial charge in [-0.1, -0.05) is 0 Å². The fourth-order valence-corrected chi connectivity index (χ4v) is 1.44. The van der Waals surface area contributed by atoms with E-state index in [0.29, 0.717) is 11.3 Å². The zero-order valence-electron chi connectivity index (χ0n) is 8.58. The van der Waals surface area contributed by atoms with Crippen molar-refractivity contribution in [1.82, 2.24) is 9.78 Å². The highest BCUT2D eigenvalue weighted by atomic mass is 16.4. The van der Waals surface area contributed by atoms with Gasteiger partial charge in [-0.15, -0.1) is 0 Å². The van der Waals surface area contributed by atoms with Crippen molar-refractivity contribution < 1.29 is 15.0 Å². The number of carbonyl (C=O) groups is 1. The molecule has 2 rings (SSSR count). The summed E-state index contributed by atoms with van der Waals surface area (Å²) in [6, 6.07) is 6.16. The molecule has 16 heavy (non-hydrogen) atoms. The first-order valence-electron chi connectivity index (χ1n) is 4.64. The molecule has 5 heteroatoms. The molecule has 0 unspecified atom stereocenters. The van der Waals surface area contributed by atoms with Crippen LogP contribution in [0.5, 0.6) is 5.75 Å². The van der Waals surface area contributed by atoms with Gasteiger partial charge in [-0.25, -0.2) is 4.79 Å². The van der Waals surface area contributed by atoms with Gasteiger partial charge in [0.2, 0.25) is 0 Å². The molecule has 1 heterocycles. The molecule has 0 aliphatic heterocycles. The summed E-state index contributed by atoms with van der Waals surface area (Å²) in [5.41, 5.74) is 1.21. The molecular formula is C11H10N2O3. The molecule has 0 fully saturated rings. The van der Waals surface area contributed by atoms with Crippen LogP contribution in [0.3, 0.4) is 0 Å². The number of aromatic carboxylic acids is 1. The Hall–Kier alpha value is -2.30. The Morgan fingerprint density at radius 1 is 1.38 bits per heavy atom. The van der Waals surface area contributed by atoms with Gasteiger partial charge in [-0.05, 0) is 24.3 Å². The summed E-state index contributed by atoms with van der Waals surface area (Å²) >= 11 is 0. The standard InChI is InChI=1S/C11H10N2O3/c1-13-5-4-9(12-13)7-2-3-10(14)8(6-7)11(15)16/h2-6,14H,1H3,(H,15,16). The smallest absolute Gasteiger partial charge is 0.339 e. The maximum absolute atomic E-state index is 10.8. The number of nitrogens with zero attached hydrogens (tertiary/aromatic N) is 2. The van der Waals surface area contributed by atoms with Crippen molar-refractivity contribution >= 4 is 5.97 Å². The van der Waals surface area contributed by atoms with Crippen LogP contribution in [-0.2, 0) is 7.05 Å². The zero-order chi connectivity index (χ0) is 11.7. The fourth-order valence-electron chi connectivity index (χ4n) is 1.44. The highest BCUT2D eigenvalue weighted by Gasteiger charge is 2.11. The number of benzene rings is 1. The lowest BCUT2D eigenvalue weighted by Crippen LogP contribution is -1.97. The summed E-state index contributed by atoms with van der Waals surface area (Å²) in [4.78, 5) is 10.8. The van der Waals surface area contributed by atoms with E-state index in [9.17, 15) is 9.90 Å². The Morgan fingerprint density at radius 2 is 2.12 bits per heavy atom. The van der Waals surface area contributed by atoms with E-state index >= 15 is 0 Å². The molecule has 82 valence electrons. The topological polar surface area (TPSA) is 75.4 Å². The Labute approximate surface area is 91.6 Å². The summed E-state index contributed by atoms with van der Waals surface area (Å²) in [6.07, 6.45) is 1.77. The second kappa shape index (κ2) is 3.69. The Bertz CT molecular complexity index is 546. The van der Waals surface area contributed by atoms with Gasteiger partial charge in [0.15, 0.2) is 0 Å². The summed E-state index contributed by atoms with van der Waals surface area (Å²) in [5, 5.41) is 22.4. The third-order valence-electron chi connectivity index (χ3n) is 2.24. The molecular weight excluding hydrogens is 208 g/mol. The predicted octanol–water partition coefficient (Wildman–Crippen LogP) is 1.49. The maximum Gasteiger partial charge on any atom is 0.339 e. The van der Waals surface area contributed by atoms with Gasteiger partial charge in [-0.2, -0.15) is 5.10 Å². The average molecular weight is 218 g/mol. The van der Waals surface area contributed by atoms with E-state index in [4.69, 9.17) is 5.11 Å². The van der Waals surface area contributed by atoms with Crippen molar-refractivity contribution in [3.8, 4) is 17.0 Å². The third kappa shape index (κ3) is 1.75. The lowest BCUT2D eigenvalue weighted by Gasteiger charge is -2.02. The first-order chi connectivity index (χ1) is 7.58. The van der Waals surface area contributed by atoms with E-state index in [1.165, 1.54) is 12.1 Å². The van der Waals surface area contributed by atoms with E-state index < -0.39 is 5.97 Å². The van der Waals surface area contributed by atoms with Gasteiger partial charge in [0.25, 0.3) is 0 Å². The van der Waals surface area contributed by atoms with Gasteiger partial charge >= 0.3 is 5.97 Å². The second-order valence-electron chi connectivity index (χ2n) is 3.41. The number of phenols is 1. The van der Waals surface area contributed by atoms with Crippen molar-refractivity contribution in [2.45, 2.75) is 0 Å². The van der Waals surface area contributed by atoms with Crippen LogP contribution in [0.2, 0.25) is 0 Å². The second-order valence-corrected chi connectivity index (χ2v) is 3.41. The van der Waals surface area contributed by atoms with Crippen LogP contribution in [0.15, 0.2) is 30.5 Å². The van der Waals surface area contributed by atoms with Gasteiger partial charge in [0.1, 0.15) is 11.3 Å². The largest absolute Gasteiger partial charge is 0.507 e. The average Bonchev–Trinajstić information content (AvgIpc) is 2.65. The maximum atomic E-state index is 10.8. The third-order valence-corrected chi connectivity index (χ3v) is 2.24. The van der Waals surface area contributed by atoms with Crippen LogP contribution in [0.4, 0.5) is 0 Å². The van der Waals surface area contributed by atoms with Crippen LogP contribution in [0.25, 0.3) is 11.3 Å². The molecule has 1 aromatic carbocycles. The minimum Gasteiger partial charge on any atom is -0.507 e. The quantitative estimate of drug-likeness (QED) is 0.800. The van der Waals surface area contributed by atoms with Crippen molar-refractivity contribution in [3.05, 3.63) is 36.0 Å². The Balaban J connectivity index is 2.51. The molecule has 0 aliphatic rings. The molecule has 0 atom stereocenters. The van der Waals surface area contributed by atoms with E-state index in [1.54, 1.807) is 30.1 Å². The molecule has 0 amide bonds. The highest BCUT2D eigenvalue weighted by molar-refractivity contribution is 5.92. The Morgan fingerprint density at radius 3 is 2.69 bits per heavy atom. The predicted molar refractivity (Wildman–Crippen MR) is 57.3 cm³/mol. The van der Waals surface area contributed by atoms with Crippen LogP contribution in [0, 0.1) is 0 Å². The number of rotatable bonds is 2. The van der Waals surface area contributed by atoms with Crippen molar-refractivity contribution in [3.63, 3.8) is 0 Å². The van der Waals surface area contributed by atoms with Crippen molar-refractivity contribution in [2.24, 2.45) is 7.05 Å². The molecule has 5 nitrogen and oxygen atoms in total. The van der Waals surface area contributed by atoms with Gasteiger partial charge < -0.3 is 10.2 Å². The summed E-state index contributed by atoms with van der Waals surface area (Å²) in [6.45, 7) is 0. The van der Waals surface area contributed by atoms with Crippen LogP contribution in [-0.4, -0.2) is 26.0 Å². The molecule has 2 N–H and O–H groups in total. The van der Waals surface area contributed by atoms with Crippen molar-refractivity contribution in [1.29, 1.82) is 0 Å². The number of aryl methyl sites for hydroxylation is 1. The Kier molecular flexibility index (Phi) is 2.36. The van der Waals surface area contributed by atoms with E-state index in [1.807, 2.05) is 0 Å². The lowest BCUT2D eigenvalue weighted by molar-refractivity contribution is 0.0694. The fraction of sp³-hybridized carbons (Fsp3) is 0.0909. The summed E-state index contributed by atoms with van der Waals surface area (Å²) in [5.74, 6) is -1.40. The van der Waals surface area contributed by atoms with Crippen LogP contribution < -0.4 is 0 Å². The number of carboxylic acid groups (broad SMARTS) is 1. The lowest BCUT2D eigenvalue weighted by atomic mass is 10.1. The van der Waals surface area contributed by atoms with Gasteiger partial charge in [0, 0.05) is 18.8 Å². The number of hydrogen-bond donors (Lipinski definition) is 2. The molecule has 0 spiro atoms. The van der Waals surface area contributed by atoms with Crippen molar-refractivity contribution in [2.75, 3.05) is 0 Å². The molecule has 2 aromatic rings. The summed E-state index contributed by atoms with van der Waals surface area (Å²) < 4.78 is 1.63. The molecule has 0 aliphatic carbocycles. The first kappa shape index (κ1) is 10.2. The molecule has 0 bridgehead atoms. The summed E-state index contributed by atoms with van der Waals surface area (Å²) in [7, 11) is 1.78. The highest BCUT2D eigenvalue weighted by Crippen LogP contribution is 2.24. The number of carboxylic acids is 1. The van der Waals surface area contributed by atoms with Gasteiger partial charge in [-0.3, -0.25) is 4.68 Å². The number of aromatic hydroxyl groups is 1. The molecule has 0 saturated carbocycles.